The van der Waals surface area contributed by atoms with Crippen LogP contribution < -0.4 is 11.1 Å². The van der Waals surface area contributed by atoms with Crippen molar-refractivity contribution in [3.63, 3.8) is 0 Å². The number of hydrogen-bond donors (Lipinski definition) is 2. The molecule has 1 aromatic carbocycles. The number of nitrogens with zero attached hydrogens (tertiary/aromatic N) is 4. The summed E-state index contributed by atoms with van der Waals surface area (Å²) in [6, 6.07) is 3.95. The van der Waals surface area contributed by atoms with E-state index < -0.39 is 23.4 Å². The van der Waals surface area contributed by atoms with Crippen LogP contribution in [0.25, 0.3) is 0 Å². The monoisotopic (exact) mass is 514 g/mol. The maximum Gasteiger partial charge on any atom is 0.275 e. The molecule has 3 N–H and O–H groups in total. The quantitative estimate of drug-likeness (QED) is 0.635. The fraction of sp³-hybridized carbons (Fsp3) is 0.391. The molecule has 3 saturated heterocycles. The van der Waals surface area contributed by atoms with E-state index in [1.807, 2.05) is 0 Å². The standard InChI is InChI=1S/C23H23ClN6O4S/c24-14-3-2-13(10-15(14)28-20(32)16-12-26-6-7-27-16)21(33)29-8-1-5-23(29)11-18-30(22(23)34)17(19(25)31)4-9-35-18/h2-3,6-7,10,12,17-18H,1,4-5,8-9,11H2,(H2,25,31)(H,28,32)/t17-,18?,23?/m1/s1. The summed E-state index contributed by atoms with van der Waals surface area (Å²) in [6.45, 7) is 0.418. The smallest absolute Gasteiger partial charge is 0.275 e. The zero-order valence-electron chi connectivity index (χ0n) is 18.6. The van der Waals surface area contributed by atoms with Crippen molar-refractivity contribution in [3.05, 3.63) is 53.1 Å². The Hall–Kier alpha value is -3.18. The summed E-state index contributed by atoms with van der Waals surface area (Å²) in [6.07, 6.45) is 6.35. The summed E-state index contributed by atoms with van der Waals surface area (Å²) >= 11 is 7.90. The number of rotatable bonds is 4. The first kappa shape index (κ1) is 23.6. The highest BCUT2D eigenvalue weighted by molar-refractivity contribution is 7.99. The Bertz CT molecular complexity index is 1210. The van der Waals surface area contributed by atoms with Crippen molar-refractivity contribution >= 4 is 52.7 Å². The van der Waals surface area contributed by atoms with Gasteiger partial charge in [-0.25, -0.2) is 4.98 Å². The Morgan fingerprint density at radius 2 is 2.09 bits per heavy atom. The second kappa shape index (κ2) is 9.12. The van der Waals surface area contributed by atoms with Gasteiger partial charge in [-0.3, -0.25) is 24.2 Å². The second-order valence-electron chi connectivity index (χ2n) is 8.78. The third-order valence-electron chi connectivity index (χ3n) is 6.81. The molecule has 0 saturated carbocycles. The number of benzene rings is 1. The van der Waals surface area contributed by atoms with Crippen LogP contribution in [-0.4, -0.2) is 72.6 Å². The lowest BCUT2D eigenvalue weighted by molar-refractivity contribution is -0.142. The molecule has 2 unspecified atom stereocenters. The number of nitrogens with one attached hydrogen (secondary N) is 1. The van der Waals surface area contributed by atoms with Crippen molar-refractivity contribution in [1.29, 1.82) is 0 Å². The van der Waals surface area contributed by atoms with E-state index in [-0.39, 0.29) is 33.6 Å². The third kappa shape index (κ3) is 4.02. The van der Waals surface area contributed by atoms with Gasteiger partial charge in [0.05, 0.1) is 22.3 Å². The van der Waals surface area contributed by atoms with Gasteiger partial charge >= 0.3 is 0 Å². The molecule has 4 amide bonds. The molecule has 35 heavy (non-hydrogen) atoms. The van der Waals surface area contributed by atoms with Crippen LogP contribution in [0.3, 0.4) is 0 Å². The minimum Gasteiger partial charge on any atom is -0.368 e. The number of hydrogen-bond acceptors (Lipinski definition) is 7. The minimum absolute atomic E-state index is 0.105. The number of amides is 4. The molecule has 3 atom stereocenters. The van der Waals surface area contributed by atoms with Gasteiger partial charge in [-0.1, -0.05) is 11.6 Å². The van der Waals surface area contributed by atoms with Crippen LogP contribution in [0.1, 0.15) is 46.5 Å². The second-order valence-corrected chi connectivity index (χ2v) is 10.5. The molecule has 2 aromatic rings. The highest BCUT2D eigenvalue weighted by Crippen LogP contribution is 2.48. The van der Waals surface area contributed by atoms with Gasteiger partial charge in [0.15, 0.2) is 0 Å². The highest BCUT2D eigenvalue weighted by Gasteiger charge is 2.61. The van der Waals surface area contributed by atoms with E-state index in [2.05, 4.69) is 15.3 Å². The van der Waals surface area contributed by atoms with E-state index in [0.717, 1.165) is 5.75 Å². The number of anilines is 1. The number of fused-ring (bicyclic) bond motifs is 1. The van der Waals surface area contributed by atoms with Gasteiger partial charge in [0, 0.05) is 30.9 Å². The molecular weight excluding hydrogens is 492 g/mol. The van der Waals surface area contributed by atoms with E-state index in [1.54, 1.807) is 27.6 Å². The first-order chi connectivity index (χ1) is 16.8. The highest BCUT2D eigenvalue weighted by atomic mass is 35.5. The largest absolute Gasteiger partial charge is 0.368 e. The molecule has 1 spiro atoms. The van der Waals surface area contributed by atoms with Crippen LogP contribution in [0.4, 0.5) is 5.69 Å². The number of aromatic nitrogens is 2. The van der Waals surface area contributed by atoms with Gasteiger partial charge in [0.25, 0.3) is 11.8 Å². The summed E-state index contributed by atoms with van der Waals surface area (Å²) in [4.78, 5) is 62.9. The van der Waals surface area contributed by atoms with Crippen molar-refractivity contribution in [2.24, 2.45) is 5.73 Å². The van der Waals surface area contributed by atoms with Crippen molar-refractivity contribution in [3.8, 4) is 0 Å². The lowest BCUT2D eigenvalue weighted by Gasteiger charge is -2.36. The van der Waals surface area contributed by atoms with Gasteiger partial charge in [0.2, 0.25) is 11.8 Å². The molecular formula is C23H23ClN6O4S. The molecule has 3 fully saturated rings. The molecule has 5 rings (SSSR count). The average Bonchev–Trinajstić information content (AvgIpc) is 3.41. The number of primary amides is 1. The lowest BCUT2D eigenvalue weighted by Crippen LogP contribution is -2.56. The lowest BCUT2D eigenvalue weighted by atomic mass is 9.93. The summed E-state index contributed by atoms with van der Waals surface area (Å²) < 4.78 is 0. The number of thioether (sulfide) groups is 1. The Morgan fingerprint density at radius 1 is 1.26 bits per heavy atom. The van der Waals surface area contributed by atoms with Crippen LogP contribution >= 0.6 is 23.4 Å². The first-order valence-electron chi connectivity index (χ1n) is 11.2. The predicted octanol–water partition coefficient (Wildman–Crippen LogP) is 1.91. The Kier molecular flexibility index (Phi) is 6.14. The SMILES string of the molecule is NC(=O)[C@H]1CCSC2CC3(CCCN3C(=O)c3ccc(Cl)c(NC(=O)c4cnccn4)c3)C(=O)N21. The minimum atomic E-state index is -1.00. The number of carbonyl (C=O) groups excluding carboxylic acids is 4. The van der Waals surface area contributed by atoms with E-state index in [4.69, 9.17) is 17.3 Å². The maximum atomic E-state index is 13.7. The van der Waals surface area contributed by atoms with Gasteiger partial charge in [-0.2, -0.15) is 0 Å². The number of likely N-dealkylation sites (tertiary alicyclic amines) is 1. The van der Waals surface area contributed by atoms with E-state index in [1.165, 1.54) is 30.7 Å². The predicted molar refractivity (Wildman–Crippen MR) is 130 cm³/mol. The fourth-order valence-corrected chi connectivity index (χ4v) is 6.78. The van der Waals surface area contributed by atoms with Crippen LogP contribution in [0.5, 0.6) is 0 Å². The number of carbonyl (C=O) groups is 4. The van der Waals surface area contributed by atoms with E-state index in [0.29, 0.717) is 37.8 Å². The molecule has 10 nitrogen and oxygen atoms in total. The fourth-order valence-electron chi connectivity index (χ4n) is 5.18. The van der Waals surface area contributed by atoms with Crippen molar-refractivity contribution in [2.75, 3.05) is 17.6 Å². The van der Waals surface area contributed by atoms with E-state index >= 15 is 0 Å². The van der Waals surface area contributed by atoms with Crippen LogP contribution in [0.15, 0.2) is 36.8 Å². The van der Waals surface area contributed by atoms with Gasteiger partial charge in [-0.15, -0.1) is 11.8 Å². The zero-order valence-corrected chi connectivity index (χ0v) is 20.2. The zero-order chi connectivity index (χ0) is 24.7. The summed E-state index contributed by atoms with van der Waals surface area (Å²) in [7, 11) is 0. The topological polar surface area (TPSA) is 139 Å². The molecule has 3 aliphatic rings. The van der Waals surface area contributed by atoms with Crippen molar-refractivity contribution < 1.29 is 19.2 Å². The molecule has 0 aliphatic carbocycles. The molecule has 3 aliphatic heterocycles. The summed E-state index contributed by atoms with van der Waals surface area (Å²) in [5.74, 6) is -0.840. The normalized spacial score (nSPS) is 25.6. The molecule has 12 heteroatoms. The van der Waals surface area contributed by atoms with Crippen molar-refractivity contribution in [2.45, 2.75) is 42.6 Å². The van der Waals surface area contributed by atoms with Crippen LogP contribution in [0.2, 0.25) is 5.02 Å². The number of nitrogens with two attached hydrogens (primary N) is 1. The first-order valence-corrected chi connectivity index (χ1v) is 12.7. The van der Waals surface area contributed by atoms with Crippen LogP contribution in [0, 0.1) is 0 Å². The van der Waals surface area contributed by atoms with Gasteiger partial charge in [-0.05, 0) is 43.2 Å². The van der Waals surface area contributed by atoms with Gasteiger partial charge < -0.3 is 20.9 Å². The summed E-state index contributed by atoms with van der Waals surface area (Å²) in [5.41, 5.74) is 5.24. The van der Waals surface area contributed by atoms with E-state index in [9.17, 15) is 19.2 Å². The summed E-state index contributed by atoms with van der Waals surface area (Å²) in [5, 5.41) is 2.74. The average molecular weight is 515 g/mol. The van der Waals surface area contributed by atoms with Gasteiger partial charge in [0.1, 0.15) is 17.3 Å². The molecule has 0 bridgehead atoms. The Morgan fingerprint density at radius 3 is 2.83 bits per heavy atom. The molecule has 1 aromatic heterocycles. The third-order valence-corrected chi connectivity index (χ3v) is 8.39. The Balaban J connectivity index is 1.41. The maximum absolute atomic E-state index is 13.7. The molecule has 0 radical (unpaired) electrons. The molecule has 182 valence electrons. The number of halogens is 1. The van der Waals surface area contributed by atoms with Crippen molar-refractivity contribution in [1.82, 2.24) is 19.8 Å². The van der Waals surface area contributed by atoms with Crippen LogP contribution in [-0.2, 0) is 9.59 Å². The molecule has 4 heterocycles. The Labute approximate surface area is 210 Å².